The number of hydrogen-bond acceptors (Lipinski definition) is 6. The minimum atomic E-state index is -0.351. The predicted octanol–water partition coefficient (Wildman–Crippen LogP) is 7.30. The summed E-state index contributed by atoms with van der Waals surface area (Å²) in [5, 5.41) is 3.21. The maximum Gasteiger partial charge on any atom is 0.270 e. The van der Waals surface area contributed by atoms with Crippen LogP contribution < -0.4 is 19.7 Å². The van der Waals surface area contributed by atoms with Crippen molar-refractivity contribution in [1.82, 2.24) is 0 Å². The number of anilines is 2. The van der Waals surface area contributed by atoms with Crippen LogP contribution in [0.5, 0.6) is 11.5 Å². The minimum Gasteiger partial charge on any atom is -0.493 e. The van der Waals surface area contributed by atoms with Gasteiger partial charge in [0.15, 0.2) is 22.4 Å². The Balaban J connectivity index is 1.44. The van der Waals surface area contributed by atoms with E-state index in [1.165, 1.54) is 23.8 Å². The van der Waals surface area contributed by atoms with Crippen LogP contribution in [-0.4, -0.2) is 29.9 Å². The summed E-state index contributed by atoms with van der Waals surface area (Å²) in [6, 6.07) is 17.7. The number of thiocarbonyl (C=S) groups is 1. The summed E-state index contributed by atoms with van der Waals surface area (Å²) in [4.78, 5) is 27.3. The molecule has 0 unspecified atom stereocenters. The highest BCUT2D eigenvalue weighted by Gasteiger charge is 2.33. The zero-order chi connectivity index (χ0) is 25.8. The second kappa shape index (κ2) is 11.8. The van der Waals surface area contributed by atoms with E-state index in [-0.39, 0.29) is 18.4 Å². The molecule has 1 aliphatic rings. The lowest BCUT2D eigenvalue weighted by molar-refractivity contribution is -0.118. The second-order valence-corrected chi connectivity index (χ2v) is 11.2. The summed E-state index contributed by atoms with van der Waals surface area (Å²) in [6.45, 7) is -0.227. The normalized spacial score (nSPS) is 14.3. The van der Waals surface area contributed by atoms with E-state index in [1.54, 1.807) is 42.5 Å². The van der Waals surface area contributed by atoms with E-state index in [9.17, 15) is 9.59 Å². The Kier molecular flexibility index (Phi) is 8.74. The highest BCUT2D eigenvalue weighted by atomic mass is 79.9. The molecule has 0 atom stereocenters. The van der Waals surface area contributed by atoms with Gasteiger partial charge in [-0.1, -0.05) is 57.6 Å². The van der Waals surface area contributed by atoms with Crippen molar-refractivity contribution >= 4 is 101 Å². The van der Waals surface area contributed by atoms with Gasteiger partial charge in [0.05, 0.1) is 22.7 Å². The van der Waals surface area contributed by atoms with Crippen molar-refractivity contribution in [2.75, 3.05) is 23.9 Å². The van der Waals surface area contributed by atoms with Crippen LogP contribution in [0, 0.1) is 0 Å². The molecule has 1 fully saturated rings. The molecule has 36 heavy (non-hydrogen) atoms. The van der Waals surface area contributed by atoms with Crippen LogP contribution in [0.2, 0.25) is 5.02 Å². The van der Waals surface area contributed by atoms with Crippen LogP contribution in [0.1, 0.15) is 5.56 Å². The molecule has 1 heterocycles. The summed E-state index contributed by atoms with van der Waals surface area (Å²) in [7, 11) is 1.50. The van der Waals surface area contributed by atoms with E-state index in [0.29, 0.717) is 37.1 Å². The molecule has 3 aromatic carbocycles. The largest absolute Gasteiger partial charge is 0.493 e. The molecule has 6 nitrogen and oxygen atoms in total. The van der Waals surface area contributed by atoms with E-state index >= 15 is 0 Å². The van der Waals surface area contributed by atoms with Crippen molar-refractivity contribution in [1.29, 1.82) is 0 Å². The Morgan fingerprint density at radius 3 is 2.56 bits per heavy atom. The molecular weight excluding hydrogens is 652 g/mol. The summed E-state index contributed by atoms with van der Waals surface area (Å²) in [5.41, 5.74) is 1.98. The molecule has 1 N–H and O–H groups in total. The molecule has 4 rings (SSSR count). The Labute approximate surface area is 239 Å². The van der Waals surface area contributed by atoms with Gasteiger partial charge in [0.2, 0.25) is 0 Å². The van der Waals surface area contributed by atoms with Gasteiger partial charge in [-0.05, 0) is 82.2 Å². The van der Waals surface area contributed by atoms with E-state index < -0.39 is 0 Å². The minimum absolute atomic E-state index is 0.198. The van der Waals surface area contributed by atoms with Gasteiger partial charge in [0.25, 0.3) is 11.8 Å². The molecule has 1 aliphatic heterocycles. The van der Waals surface area contributed by atoms with E-state index in [4.69, 9.17) is 33.3 Å². The highest BCUT2D eigenvalue weighted by Crippen LogP contribution is 2.37. The number of benzene rings is 3. The fourth-order valence-corrected chi connectivity index (χ4v) is 5.23. The van der Waals surface area contributed by atoms with Crippen LogP contribution in [0.3, 0.4) is 0 Å². The quantitative estimate of drug-likeness (QED) is 0.211. The molecule has 0 saturated carbocycles. The van der Waals surface area contributed by atoms with Gasteiger partial charge in [0.1, 0.15) is 0 Å². The third kappa shape index (κ3) is 6.30. The molecule has 0 radical (unpaired) electrons. The first-order valence-electron chi connectivity index (χ1n) is 10.3. The summed E-state index contributed by atoms with van der Waals surface area (Å²) < 4.78 is 13.2. The number of nitrogens with zero attached hydrogens (tertiary/aromatic N) is 1. The third-order valence-corrected chi connectivity index (χ3v) is 7.99. The predicted molar refractivity (Wildman–Crippen MR) is 156 cm³/mol. The molecule has 2 amide bonds. The average Bonchev–Trinajstić information content (AvgIpc) is 3.13. The topological polar surface area (TPSA) is 67.9 Å². The van der Waals surface area contributed by atoms with Gasteiger partial charge in [-0.25, -0.2) is 0 Å². The van der Waals surface area contributed by atoms with Crippen molar-refractivity contribution in [2.45, 2.75) is 0 Å². The molecule has 0 aliphatic carbocycles. The van der Waals surface area contributed by atoms with Crippen molar-refractivity contribution in [2.24, 2.45) is 0 Å². The summed E-state index contributed by atoms with van der Waals surface area (Å²) >= 11 is 19.4. The summed E-state index contributed by atoms with van der Waals surface area (Å²) in [6.07, 6.45) is 1.74. The van der Waals surface area contributed by atoms with E-state index in [2.05, 4.69) is 37.2 Å². The number of amides is 2. The number of methoxy groups -OCH3 is 1. The van der Waals surface area contributed by atoms with Crippen LogP contribution >= 0.6 is 67.4 Å². The highest BCUT2D eigenvalue weighted by molar-refractivity contribution is 9.10. The Bertz CT molecular complexity index is 1380. The van der Waals surface area contributed by atoms with E-state index in [1.807, 2.05) is 24.3 Å². The van der Waals surface area contributed by atoms with Gasteiger partial charge in [-0.2, -0.15) is 0 Å². The number of nitrogens with one attached hydrogen (secondary N) is 1. The van der Waals surface area contributed by atoms with Crippen molar-refractivity contribution in [3.63, 3.8) is 0 Å². The lowest BCUT2D eigenvalue weighted by Gasteiger charge is -2.14. The molecule has 0 bridgehead atoms. The first kappa shape index (κ1) is 26.7. The molecule has 0 spiro atoms. The van der Waals surface area contributed by atoms with Crippen LogP contribution in [0.4, 0.5) is 11.4 Å². The fourth-order valence-electron chi connectivity index (χ4n) is 3.24. The Hall–Kier alpha value is -2.37. The second-order valence-electron chi connectivity index (χ2n) is 7.37. The number of rotatable bonds is 7. The standard InChI is InChI=1S/C25H17Br2ClN2O4S2/c1-33-21-10-14(11-22-24(32)30(25(35)36-22)17-6-3-15(26)4-7-17)2-9-20(21)34-13-23(31)29-16-5-8-18(27)19(28)12-16/h2-12H,13H2,1H3,(H,29,31)/b22-11+. The fraction of sp³-hybridized carbons (Fsp3) is 0.0800. The van der Waals surface area contributed by atoms with Gasteiger partial charge < -0.3 is 14.8 Å². The first-order valence-corrected chi connectivity index (χ1v) is 13.5. The zero-order valence-corrected chi connectivity index (χ0v) is 24.1. The van der Waals surface area contributed by atoms with Crippen molar-refractivity contribution in [3.05, 3.63) is 85.1 Å². The maximum absolute atomic E-state index is 13.0. The van der Waals surface area contributed by atoms with Gasteiger partial charge in [0, 0.05) is 14.6 Å². The molecular formula is C25H17Br2ClN2O4S2. The van der Waals surface area contributed by atoms with Gasteiger partial charge in [-0.15, -0.1) is 0 Å². The van der Waals surface area contributed by atoms with Crippen molar-refractivity contribution < 1.29 is 19.1 Å². The first-order chi connectivity index (χ1) is 17.2. The molecule has 3 aromatic rings. The number of carbonyl (C=O) groups is 2. The smallest absolute Gasteiger partial charge is 0.270 e. The number of thioether (sulfide) groups is 1. The number of ether oxygens (including phenoxy) is 2. The third-order valence-electron chi connectivity index (χ3n) is 4.93. The van der Waals surface area contributed by atoms with E-state index in [0.717, 1.165) is 14.5 Å². The van der Waals surface area contributed by atoms with Crippen LogP contribution in [0.25, 0.3) is 6.08 Å². The Morgan fingerprint density at radius 2 is 1.86 bits per heavy atom. The van der Waals surface area contributed by atoms with Crippen LogP contribution in [0.15, 0.2) is 74.5 Å². The monoisotopic (exact) mass is 666 g/mol. The average molecular weight is 669 g/mol. The molecule has 11 heteroatoms. The Morgan fingerprint density at radius 1 is 1.11 bits per heavy atom. The molecule has 0 aromatic heterocycles. The number of carbonyl (C=O) groups excluding carboxylic acids is 2. The maximum atomic E-state index is 13.0. The van der Waals surface area contributed by atoms with Crippen molar-refractivity contribution in [3.8, 4) is 11.5 Å². The SMILES string of the molecule is COc1cc(/C=C2/SC(=S)N(c3ccc(Br)cc3)C2=O)ccc1OCC(=O)Nc1ccc(Br)c(Cl)c1. The lowest BCUT2D eigenvalue weighted by Crippen LogP contribution is -2.27. The lowest BCUT2D eigenvalue weighted by atomic mass is 10.2. The van der Waals surface area contributed by atoms with Gasteiger partial charge in [-0.3, -0.25) is 14.5 Å². The molecule has 1 saturated heterocycles. The number of halogens is 3. The zero-order valence-electron chi connectivity index (χ0n) is 18.6. The van der Waals surface area contributed by atoms with Gasteiger partial charge >= 0.3 is 0 Å². The molecule has 184 valence electrons. The van der Waals surface area contributed by atoms with Crippen LogP contribution in [-0.2, 0) is 9.59 Å². The summed E-state index contributed by atoms with van der Waals surface area (Å²) in [5.74, 6) is 0.264. The number of hydrogen-bond donors (Lipinski definition) is 1.